The molecule has 0 aliphatic rings. The van der Waals surface area contributed by atoms with Crippen molar-refractivity contribution in [3.63, 3.8) is 0 Å². The van der Waals surface area contributed by atoms with Gasteiger partial charge in [-0.15, -0.1) is 11.8 Å². The van der Waals surface area contributed by atoms with Gasteiger partial charge in [0.1, 0.15) is 24.2 Å². The first-order valence-corrected chi connectivity index (χ1v) is 18.5. The number of sulfonamides is 1. The summed E-state index contributed by atoms with van der Waals surface area (Å²) in [6, 6.07) is 27.0. The molecule has 0 aliphatic carbocycles. The van der Waals surface area contributed by atoms with Gasteiger partial charge in [-0.05, 0) is 74.6 Å². The van der Waals surface area contributed by atoms with E-state index in [4.69, 9.17) is 4.74 Å². The summed E-state index contributed by atoms with van der Waals surface area (Å²) >= 11 is 1.47. The van der Waals surface area contributed by atoms with Crippen molar-refractivity contribution in [3.8, 4) is 5.75 Å². The fourth-order valence-electron chi connectivity index (χ4n) is 5.13. The minimum atomic E-state index is -4.34. The molecule has 0 radical (unpaired) electrons. The summed E-state index contributed by atoms with van der Waals surface area (Å²) in [6.45, 7) is 4.90. The number of nitrogens with one attached hydrogen (secondary N) is 1. The van der Waals surface area contributed by atoms with Gasteiger partial charge in [0.05, 0.1) is 17.2 Å². The van der Waals surface area contributed by atoms with Crippen molar-refractivity contribution in [1.29, 1.82) is 0 Å². The third-order valence-electron chi connectivity index (χ3n) is 7.93. The smallest absolute Gasteiger partial charge is 0.264 e. The van der Waals surface area contributed by atoms with Crippen LogP contribution in [0.15, 0.2) is 113 Å². The Kier molecular flexibility index (Phi) is 13.0. The zero-order valence-corrected chi connectivity index (χ0v) is 29.3. The van der Waals surface area contributed by atoms with E-state index in [1.807, 2.05) is 50.4 Å². The first-order chi connectivity index (χ1) is 23.1. The number of amides is 2. The van der Waals surface area contributed by atoms with Crippen molar-refractivity contribution in [2.24, 2.45) is 0 Å². The number of carbonyl (C=O) groups excluding carboxylic acids is 2. The summed E-state index contributed by atoms with van der Waals surface area (Å²) in [7, 11) is -4.34. The first kappa shape index (κ1) is 36.5. The summed E-state index contributed by atoms with van der Waals surface area (Å²) in [6.07, 6.45) is 2.67. The van der Waals surface area contributed by atoms with Gasteiger partial charge in [0, 0.05) is 29.5 Å². The number of ether oxygens (including phenoxy) is 1. The van der Waals surface area contributed by atoms with Crippen LogP contribution in [0.4, 0.5) is 10.1 Å². The molecule has 0 saturated carbocycles. The Bertz CT molecular complexity index is 1770. The van der Waals surface area contributed by atoms with Crippen molar-refractivity contribution in [2.45, 2.75) is 62.0 Å². The summed E-state index contributed by atoms with van der Waals surface area (Å²) in [4.78, 5) is 30.8. The van der Waals surface area contributed by atoms with E-state index in [2.05, 4.69) is 5.32 Å². The maximum Gasteiger partial charge on any atom is 0.264 e. The van der Waals surface area contributed by atoms with Gasteiger partial charge in [0.15, 0.2) is 0 Å². The highest BCUT2D eigenvalue weighted by atomic mass is 32.2. The van der Waals surface area contributed by atoms with Gasteiger partial charge in [-0.1, -0.05) is 67.6 Å². The summed E-state index contributed by atoms with van der Waals surface area (Å²) in [5.41, 5.74) is 1.14. The maximum atomic E-state index is 15.1. The molecule has 48 heavy (non-hydrogen) atoms. The van der Waals surface area contributed by atoms with Gasteiger partial charge in [-0.2, -0.15) is 0 Å². The molecule has 0 bridgehead atoms. The van der Waals surface area contributed by atoms with Crippen LogP contribution in [0.2, 0.25) is 0 Å². The van der Waals surface area contributed by atoms with Crippen LogP contribution in [0.1, 0.15) is 38.3 Å². The van der Waals surface area contributed by atoms with Crippen molar-refractivity contribution in [2.75, 3.05) is 23.7 Å². The highest BCUT2D eigenvalue weighted by molar-refractivity contribution is 7.98. The molecule has 8 nitrogen and oxygen atoms in total. The molecule has 1 N–H and O–H groups in total. The van der Waals surface area contributed by atoms with Crippen LogP contribution < -0.4 is 14.4 Å². The molecule has 0 unspecified atom stereocenters. The molecule has 2 amide bonds. The lowest BCUT2D eigenvalue weighted by Gasteiger charge is -2.34. The van der Waals surface area contributed by atoms with E-state index in [9.17, 15) is 18.0 Å². The number of halogens is 1. The van der Waals surface area contributed by atoms with Gasteiger partial charge in [0.25, 0.3) is 10.0 Å². The minimum absolute atomic E-state index is 0.0181. The normalized spacial score (nSPS) is 12.5. The van der Waals surface area contributed by atoms with Crippen molar-refractivity contribution < 1.29 is 27.1 Å². The Morgan fingerprint density at radius 3 is 2.19 bits per heavy atom. The largest absolute Gasteiger partial charge is 0.492 e. The van der Waals surface area contributed by atoms with E-state index in [-0.39, 0.29) is 47.5 Å². The number of anilines is 1. The Balaban J connectivity index is 1.85. The second-order valence-electron chi connectivity index (χ2n) is 11.2. The molecule has 4 aromatic carbocycles. The lowest BCUT2D eigenvalue weighted by atomic mass is 10.0. The molecule has 11 heteroatoms. The predicted molar refractivity (Wildman–Crippen MR) is 189 cm³/mol. The number of carbonyl (C=O) groups is 2. The van der Waals surface area contributed by atoms with Gasteiger partial charge < -0.3 is 15.0 Å². The summed E-state index contributed by atoms with van der Waals surface area (Å²) in [5, 5.41) is 2.98. The average Bonchev–Trinajstić information content (AvgIpc) is 3.10. The van der Waals surface area contributed by atoms with Crippen LogP contribution in [-0.4, -0.2) is 56.6 Å². The summed E-state index contributed by atoms with van der Waals surface area (Å²) in [5.74, 6) is -1.38. The number of benzene rings is 4. The second kappa shape index (κ2) is 17.2. The molecule has 0 saturated heterocycles. The van der Waals surface area contributed by atoms with Crippen LogP contribution in [0.3, 0.4) is 0 Å². The molecule has 254 valence electrons. The lowest BCUT2D eigenvalue weighted by Crippen LogP contribution is -2.54. The van der Waals surface area contributed by atoms with Crippen molar-refractivity contribution in [3.05, 3.63) is 120 Å². The lowest BCUT2D eigenvalue weighted by molar-refractivity contribution is -0.140. The minimum Gasteiger partial charge on any atom is -0.492 e. The van der Waals surface area contributed by atoms with Gasteiger partial charge in [-0.25, -0.2) is 12.8 Å². The fraction of sp³-hybridized carbons (Fsp3) is 0.297. The molecule has 4 aromatic rings. The third kappa shape index (κ3) is 9.17. The van der Waals surface area contributed by atoms with Crippen LogP contribution in [0, 0.1) is 5.82 Å². The van der Waals surface area contributed by atoms with E-state index in [0.29, 0.717) is 6.42 Å². The van der Waals surface area contributed by atoms with Crippen LogP contribution >= 0.6 is 11.8 Å². The van der Waals surface area contributed by atoms with E-state index < -0.39 is 40.2 Å². The number of thioether (sulfide) groups is 1. The number of hydrogen-bond donors (Lipinski definition) is 1. The monoisotopic (exact) mass is 691 g/mol. The number of nitrogens with zero attached hydrogens (tertiary/aromatic N) is 2. The van der Waals surface area contributed by atoms with Crippen LogP contribution in [-0.2, 0) is 32.6 Å². The second-order valence-corrected chi connectivity index (χ2v) is 14.0. The highest BCUT2D eigenvalue weighted by Crippen LogP contribution is 2.33. The maximum absolute atomic E-state index is 15.1. The van der Waals surface area contributed by atoms with E-state index in [0.717, 1.165) is 14.8 Å². The standard InChI is InChI=1S/C37H42FN3O5S2/c1-5-27(3)39-37(43)34(24-28-14-8-7-9-15-28)40(25-29-16-10-11-17-32(29)38)36(42)26-41(33-18-12-13-19-35(33)46-6-2)48(44,45)31-22-20-30(47-4)21-23-31/h7-23,27,34H,5-6,24-26H2,1-4H3,(H,39,43)/t27-,34-/m0/s1. The molecule has 0 heterocycles. The predicted octanol–water partition coefficient (Wildman–Crippen LogP) is 6.70. The van der Waals surface area contributed by atoms with Crippen LogP contribution in [0.5, 0.6) is 5.75 Å². The Hall–Kier alpha value is -4.35. The Morgan fingerprint density at radius 2 is 1.54 bits per heavy atom. The molecule has 4 rings (SSSR count). The quantitative estimate of drug-likeness (QED) is 0.132. The van der Waals surface area contributed by atoms with Gasteiger partial charge >= 0.3 is 0 Å². The molecule has 0 spiro atoms. The third-order valence-corrected chi connectivity index (χ3v) is 10.4. The number of hydrogen-bond acceptors (Lipinski definition) is 6. The van der Waals surface area contributed by atoms with E-state index in [1.165, 1.54) is 34.9 Å². The Labute approximate surface area is 287 Å². The van der Waals surface area contributed by atoms with Gasteiger partial charge in [0.2, 0.25) is 11.8 Å². The number of rotatable bonds is 16. The Morgan fingerprint density at radius 1 is 0.896 bits per heavy atom. The average molecular weight is 692 g/mol. The van der Waals surface area contributed by atoms with Crippen molar-refractivity contribution >= 4 is 39.3 Å². The molecular formula is C37H42FN3O5S2. The highest BCUT2D eigenvalue weighted by Gasteiger charge is 2.36. The zero-order valence-electron chi connectivity index (χ0n) is 27.6. The molecule has 2 atom stereocenters. The molecule has 0 aromatic heterocycles. The number of para-hydroxylation sites is 2. The zero-order chi connectivity index (χ0) is 34.7. The van der Waals surface area contributed by atoms with E-state index >= 15 is 4.39 Å². The molecule has 0 aliphatic heterocycles. The van der Waals surface area contributed by atoms with E-state index in [1.54, 1.807) is 61.5 Å². The first-order valence-electron chi connectivity index (χ1n) is 15.8. The topological polar surface area (TPSA) is 96.0 Å². The van der Waals surface area contributed by atoms with Crippen molar-refractivity contribution in [1.82, 2.24) is 10.2 Å². The molecule has 0 fully saturated rings. The fourth-order valence-corrected chi connectivity index (χ4v) is 6.97. The van der Waals surface area contributed by atoms with Gasteiger partial charge in [-0.3, -0.25) is 13.9 Å². The van der Waals surface area contributed by atoms with Crippen LogP contribution in [0.25, 0.3) is 0 Å². The molecular weight excluding hydrogens is 650 g/mol. The summed E-state index contributed by atoms with van der Waals surface area (Å²) < 4.78 is 50.7. The SMILES string of the molecule is CCOc1ccccc1N(CC(=O)N(Cc1ccccc1F)[C@@H](Cc1ccccc1)C(=O)N[C@@H](C)CC)S(=O)(=O)c1ccc(SC)cc1.